The molecule has 1 aromatic carbocycles. The minimum Gasteiger partial charge on any atom is -0.323 e. The summed E-state index contributed by atoms with van der Waals surface area (Å²) in [6.07, 6.45) is 0. The van der Waals surface area contributed by atoms with Crippen molar-refractivity contribution in [3.05, 3.63) is 41.9 Å². The zero-order chi connectivity index (χ0) is 14.1. The van der Waals surface area contributed by atoms with E-state index in [-0.39, 0.29) is 5.92 Å². The molecule has 0 radical (unpaired) electrons. The molecule has 2 heterocycles. The van der Waals surface area contributed by atoms with Gasteiger partial charge in [0.1, 0.15) is 11.6 Å². The molecular weight excluding hydrogens is 250 g/mol. The summed E-state index contributed by atoms with van der Waals surface area (Å²) >= 11 is 0. The first-order chi connectivity index (χ1) is 9.63. The zero-order valence-electron chi connectivity index (χ0n) is 11.8. The van der Waals surface area contributed by atoms with E-state index in [2.05, 4.69) is 39.3 Å². The average molecular weight is 267 g/mol. The number of aromatic nitrogens is 4. The van der Waals surface area contributed by atoms with Crippen LogP contribution in [0.25, 0.3) is 10.9 Å². The van der Waals surface area contributed by atoms with Crippen molar-refractivity contribution in [2.75, 3.05) is 5.32 Å². The van der Waals surface area contributed by atoms with Gasteiger partial charge in [-0.1, -0.05) is 26.0 Å². The lowest BCUT2D eigenvalue weighted by atomic mass is 10.1. The molecule has 0 amide bonds. The molecule has 0 aliphatic carbocycles. The Labute approximate surface area is 117 Å². The van der Waals surface area contributed by atoms with E-state index < -0.39 is 0 Å². The number of nitrogens with one attached hydrogen (secondary N) is 2. The van der Waals surface area contributed by atoms with Gasteiger partial charge in [0.15, 0.2) is 5.82 Å². The number of nitrogens with zero attached hydrogens (tertiary/aromatic N) is 3. The Morgan fingerprint density at radius 2 is 1.95 bits per heavy atom. The van der Waals surface area contributed by atoms with Crippen LogP contribution in [-0.2, 0) is 0 Å². The molecule has 3 aromatic rings. The Kier molecular flexibility index (Phi) is 3.10. The van der Waals surface area contributed by atoms with Crippen LogP contribution in [0.5, 0.6) is 0 Å². The van der Waals surface area contributed by atoms with Gasteiger partial charge in [0.05, 0.1) is 5.52 Å². The van der Waals surface area contributed by atoms with Gasteiger partial charge in [0.2, 0.25) is 0 Å². The maximum Gasteiger partial charge on any atom is 0.153 e. The van der Waals surface area contributed by atoms with Crippen molar-refractivity contribution in [1.29, 1.82) is 0 Å². The summed E-state index contributed by atoms with van der Waals surface area (Å²) in [5, 5.41) is 11.4. The Morgan fingerprint density at radius 3 is 2.65 bits per heavy atom. The standard InChI is InChI=1S/C15H17N5/c1-9(2)14-16-12-7-5-4-6-11(12)15(18-14)17-13-8-10(3)19-20-13/h4-9H,1-3H3,(H2,16,17,18,19,20). The fourth-order valence-corrected chi connectivity index (χ4v) is 2.05. The van der Waals surface area contributed by atoms with Gasteiger partial charge in [-0.25, -0.2) is 9.97 Å². The maximum atomic E-state index is 4.63. The molecule has 5 heteroatoms. The highest BCUT2D eigenvalue weighted by molar-refractivity contribution is 5.90. The Balaban J connectivity index is 2.11. The molecule has 0 saturated heterocycles. The molecule has 2 N–H and O–H groups in total. The van der Waals surface area contributed by atoms with Crippen LogP contribution >= 0.6 is 0 Å². The lowest BCUT2D eigenvalue weighted by Crippen LogP contribution is -2.03. The van der Waals surface area contributed by atoms with E-state index in [4.69, 9.17) is 0 Å². The van der Waals surface area contributed by atoms with E-state index in [1.165, 1.54) is 0 Å². The highest BCUT2D eigenvalue weighted by Gasteiger charge is 2.11. The number of H-pyrrole nitrogens is 1. The normalized spacial score (nSPS) is 11.2. The number of hydrogen-bond acceptors (Lipinski definition) is 4. The second kappa shape index (κ2) is 4.92. The van der Waals surface area contributed by atoms with Crippen LogP contribution < -0.4 is 5.32 Å². The minimum absolute atomic E-state index is 0.279. The summed E-state index contributed by atoms with van der Waals surface area (Å²) in [5.74, 6) is 2.67. The van der Waals surface area contributed by atoms with Crippen LogP contribution in [0.1, 0.15) is 31.3 Å². The zero-order valence-corrected chi connectivity index (χ0v) is 11.8. The van der Waals surface area contributed by atoms with E-state index in [1.54, 1.807) is 0 Å². The van der Waals surface area contributed by atoms with Crippen molar-refractivity contribution in [3.8, 4) is 0 Å². The van der Waals surface area contributed by atoms with Gasteiger partial charge >= 0.3 is 0 Å². The number of aromatic amines is 1. The molecule has 20 heavy (non-hydrogen) atoms. The molecule has 3 rings (SSSR count). The van der Waals surface area contributed by atoms with E-state index in [0.717, 1.165) is 34.1 Å². The van der Waals surface area contributed by atoms with Crippen molar-refractivity contribution < 1.29 is 0 Å². The largest absolute Gasteiger partial charge is 0.323 e. The third-order valence-electron chi connectivity index (χ3n) is 3.09. The molecule has 0 saturated carbocycles. The van der Waals surface area contributed by atoms with Gasteiger partial charge in [-0.05, 0) is 19.1 Å². The Bertz CT molecular complexity index is 745. The highest BCUT2D eigenvalue weighted by Crippen LogP contribution is 2.25. The number of rotatable bonds is 3. The van der Waals surface area contributed by atoms with Crippen LogP contribution in [0, 0.1) is 6.92 Å². The molecule has 0 aliphatic heterocycles. The first-order valence-electron chi connectivity index (χ1n) is 6.69. The average Bonchev–Trinajstić information content (AvgIpc) is 2.84. The second-order valence-corrected chi connectivity index (χ2v) is 5.16. The van der Waals surface area contributed by atoms with Gasteiger partial charge in [-0.3, -0.25) is 5.10 Å². The Morgan fingerprint density at radius 1 is 1.15 bits per heavy atom. The predicted molar refractivity (Wildman–Crippen MR) is 80.2 cm³/mol. The van der Waals surface area contributed by atoms with Crippen molar-refractivity contribution in [2.24, 2.45) is 0 Å². The van der Waals surface area contributed by atoms with E-state index in [1.807, 2.05) is 37.3 Å². The fraction of sp³-hybridized carbons (Fsp3) is 0.267. The van der Waals surface area contributed by atoms with E-state index in [0.29, 0.717) is 0 Å². The second-order valence-electron chi connectivity index (χ2n) is 5.16. The molecule has 0 spiro atoms. The quantitative estimate of drug-likeness (QED) is 0.762. The third kappa shape index (κ3) is 2.34. The summed E-state index contributed by atoms with van der Waals surface area (Å²) in [5.41, 5.74) is 1.95. The first-order valence-corrected chi connectivity index (χ1v) is 6.69. The van der Waals surface area contributed by atoms with Crippen LogP contribution in [0.4, 0.5) is 11.6 Å². The molecule has 0 bridgehead atoms. The number of hydrogen-bond donors (Lipinski definition) is 2. The minimum atomic E-state index is 0.279. The van der Waals surface area contributed by atoms with Crippen LogP contribution in [0.15, 0.2) is 30.3 Å². The number of fused-ring (bicyclic) bond motifs is 1. The first kappa shape index (κ1) is 12.6. The molecular formula is C15H17N5. The molecule has 0 aliphatic rings. The molecule has 0 atom stereocenters. The van der Waals surface area contributed by atoms with Crippen LogP contribution in [0.3, 0.4) is 0 Å². The summed E-state index contributed by atoms with van der Waals surface area (Å²) in [4.78, 5) is 9.23. The van der Waals surface area contributed by atoms with Gasteiger partial charge in [-0.15, -0.1) is 0 Å². The lowest BCUT2D eigenvalue weighted by molar-refractivity contribution is 0.784. The number of benzene rings is 1. The fourth-order valence-electron chi connectivity index (χ4n) is 2.05. The highest BCUT2D eigenvalue weighted by atomic mass is 15.2. The summed E-state index contributed by atoms with van der Waals surface area (Å²) in [6.45, 7) is 6.15. The summed E-state index contributed by atoms with van der Waals surface area (Å²) in [6, 6.07) is 9.95. The SMILES string of the molecule is Cc1cc(Nc2nc(C(C)C)nc3ccccc23)n[nH]1. The van der Waals surface area contributed by atoms with E-state index in [9.17, 15) is 0 Å². The number of anilines is 2. The predicted octanol–water partition coefficient (Wildman–Crippen LogP) is 3.53. The molecule has 5 nitrogen and oxygen atoms in total. The molecule has 0 fully saturated rings. The van der Waals surface area contributed by atoms with Crippen LogP contribution in [-0.4, -0.2) is 20.2 Å². The third-order valence-corrected chi connectivity index (χ3v) is 3.09. The van der Waals surface area contributed by atoms with Gasteiger partial charge in [-0.2, -0.15) is 5.10 Å². The van der Waals surface area contributed by atoms with Gasteiger partial charge < -0.3 is 5.32 Å². The van der Waals surface area contributed by atoms with Crippen molar-refractivity contribution >= 4 is 22.5 Å². The number of aryl methyl sites for hydroxylation is 1. The van der Waals surface area contributed by atoms with Gasteiger partial charge in [0, 0.05) is 23.1 Å². The topological polar surface area (TPSA) is 66.5 Å². The maximum absolute atomic E-state index is 4.63. The summed E-state index contributed by atoms with van der Waals surface area (Å²) < 4.78 is 0. The monoisotopic (exact) mass is 267 g/mol. The lowest BCUT2D eigenvalue weighted by Gasteiger charge is -2.10. The molecule has 0 unspecified atom stereocenters. The summed E-state index contributed by atoms with van der Waals surface area (Å²) in [7, 11) is 0. The van der Waals surface area contributed by atoms with Crippen molar-refractivity contribution in [3.63, 3.8) is 0 Å². The van der Waals surface area contributed by atoms with Crippen LogP contribution in [0.2, 0.25) is 0 Å². The molecule has 2 aromatic heterocycles. The Hall–Kier alpha value is -2.43. The van der Waals surface area contributed by atoms with E-state index >= 15 is 0 Å². The van der Waals surface area contributed by atoms with Crippen molar-refractivity contribution in [2.45, 2.75) is 26.7 Å². The number of para-hydroxylation sites is 1. The smallest absolute Gasteiger partial charge is 0.153 e. The molecule has 102 valence electrons. The van der Waals surface area contributed by atoms with Gasteiger partial charge in [0.25, 0.3) is 0 Å². The van der Waals surface area contributed by atoms with Crippen molar-refractivity contribution in [1.82, 2.24) is 20.2 Å².